The van der Waals surface area contributed by atoms with Gasteiger partial charge in [-0.25, -0.2) is 4.57 Å². The number of ether oxygens (including phenoxy) is 4. The van der Waals surface area contributed by atoms with Gasteiger partial charge in [0.2, 0.25) is 0 Å². The molecule has 9 nitrogen and oxygen atoms in total. The van der Waals surface area contributed by atoms with Crippen LogP contribution in [0.25, 0.3) is 0 Å². The minimum absolute atomic E-state index is 0.00602. The maximum absolute atomic E-state index is 12.7. The van der Waals surface area contributed by atoms with E-state index in [1.165, 1.54) is 0 Å². The summed E-state index contributed by atoms with van der Waals surface area (Å²) in [6.45, 7) is 11.7. The molecule has 1 unspecified atom stereocenters. The third kappa shape index (κ3) is 7.23. The molecule has 2 saturated heterocycles. The zero-order valence-corrected chi connectivity index (χ0v) is 19.3. The zero-order valence-electron chi connectivity index (χ0n) is 18.4. The fourth-order valence-electron chi connectivity index (χ4n) is 3.77. The number of phosphoric ester groups is 1. The first kappa shape index (κ1) is 25.2. The molecule has 2 heterocycles. The highest BCUT2D eigenvalue weighted by Gasteiger charge is 2.51. The van der Waals surface area contributed by atoms with Crippen LogP contribution in [0.3, 0.4) is 0 Å². The highest BCUT2D eigenvalue weighted by atomic mass is 31.2. The monoisotopic (exact) mass is 439 g/mol. The predicted octanol–water partition coefficient (Wildman–Crippen LogP) is 2.39. The minimum Gasteiger partial charge on any atom is -0.376 e. The van der Waals surface area contributed by atoms with E-state index in [-0.39, 0.29) is 50.3 Å². The highest BCUT2D eigenvalue weighted by Crippen LogP contribution is 2.50. The molecule has 3 N–H and O–H groups in total. The first-order valence-corrected chi connectivity index (χ1v) is 11.9. The van der Waals surface area contributed by atoms with Gasteiger partial charge in [-0.1, -0.05) is 0 Å². The highest BCUT2D eigenvalue weighted by molar-refractivity contribution is 7.47. The molecule has 7 atom stereocenters. The standard InChI is InChI=1S/C19H38NO8P/c1-12(2)23-11-19(10-20)18(8-15(6)27-19)28-29(21,22)24-9-17-16(25-13(3)4)7-14(5)26-17/h12-18H,7-11,20H2,1-6H3,(H,21,22)/t14-,15-,16+,17+,18+,19+/m0/s1. The zero-order chi connectivity index (χ0) is 21.8. The van der Waals surface area contributed by atoms with E-state index >= 15 is 0 Å². The third-order valence-corrected chi connectivity index (χ3v) is 6.07. The van der Waals surface area contributed by atoms with Gasteiger partial charge >= 0.3 is 7.82 Å². The van der Waals surface area contributed by atoms with Crippen LogP contribution in [0.1, 0.15) is 54.4 Å². The molecule has 0 aromatic rings. The Labute approximate surface area is 174 Å². The first-order valence-electron chi connectivity index (χ1n) is 10.4. The number of hydrogen-bond acceptors (Lipinski definition) is 8. The summed E-state index contributed by atoms with van der Waals surface area (Å²) in [6.07, 6.45) is -0.408. The van der Waals surface area contributed by atoms with Gasteiger partial charge in [0, 0.05) is 19.4 Å². The fraction of sp³-hybridized carbons (Fsp3) is 1.00. The summed E-state index contributed by atoms with van der Waals surface area (Å²) in [5, 5.41) is 0. The lowest BCUT2D eigenvalue weighted by molar-refractivity contribution is -0.126. The second-order valence-corrected chi connectivity index (χ2v) is 10.0. The van der Waals surface area contributed by atoms with Crippen molar-refractivity contribution in [1.82, 2.24) is 0 Å². The Morgan fingerprint density at radius 1 is 1.17 bits per heavy atom. The van der Waals surface area contributed by atoms with Gasteiger partial charge in [-0.15, -0.1) is 0 Å². The lowest BCUT2D eigenvalue weighted by Crippen LogP contribution is -2.51. The number of hydrogen-bond donors (Lipinski definition) is 2. The molecule has 0 radical (unpaired) electrons. The van der Waals surface area contributed by atoms with Crippen LogP contribution in [0.15, 0.2) is 0 Å². The van der Waals surface area contributed by atoms with Gasteiger partial charge in [-0.3, -0.25) is 9.05 Å². The number of rotatable bonds is 11. The van der Waals surface area contributed by atoms with Crippen LogP contribution in [0.2, 0.25) is 0 Å². The van der Waals surface area contributed by atoms with E-state index in [2.05, 4.69) is 0 Å². The summed E-state index contributed by atoms with van der Waals surface area (Å²) in [5.41, 5.74) is 4.95. The van der Waals surface area contributed by atoms with Crippen LogP contribution >= 0.6 is 7.82 Å². The van der Waals surface area contributed by atoms with Crippen molar-refractivity contribution >= 4 is 7.82 Å². The first-order chi connectivity index (χ1) is 13.5. The second kappa shape index (κ2) is 10.5. The van der Waals surface area contributed by atoms with Crippen molar-refractivity contribution in [2.24, 2.45) is 5.73 Å². The predicted molar refractivity (Wildman–Crippen MR) is 108 cm³/mol. The third-order valence-electron chi connectivity index (χ3n) is 5.07. The molecule has 2 rings (SSSR count). The van der Waals surface area contributed by atoms with Gasteiger partial charge in [0.05, 0.1) is 43.7 Å². The van der Waals surface area contributed by atoms with Crippen molar-refractivity contribution in [3.63, 3.8) is 0 Å². The van der Waals surface area contributed by atoms with Crippen molar-refractivity contribution in [2.45, 2.75) is 103 Å². The Hall–Kier alpha value is -0.0900. The van der Waals surface area contributed by atoms with Gasteiger partial charge < -0.3 is 29.6 Å². The minimum atomic E-state index is -4.37. The van der Waals surface area contributed by atoms with E-state index in [0.717, 1.165) is 0 Å². The van der Waals surface area contributed by atoms with Crippen molar-refractivity contribution in [3.05, 3.63) is 0 Å². The average Bonchev–Trinajstić information content (AvgIpc) is 3.09. The lowest BCUT2D eigenvalue weighted by Gasteiger charge is -2.34. The van der Waals surface area contributed by atoms with E-state index in [9.17, 15) is 9.46 Å². The molecule has 0 saturated carbocycles. The molecular weight excluding hydrogens is 401 g/mol. The molecule has 2 fully saturated rings. The van der Waals surface area contributed by atoms with Gasteiger partial charge in [-0.2, -0.15) is 0 Å². The molecule has 29 heavy (non-hydrogen) atoms. The van der Waals surface area contributed by atoms with Crippen LogP contribution in [0, 0.1) is 0 Å². The van der Waals surface area contributed by atoms with Crippen molar-refractivity contribution in [2.75, 3.05) is 19.8 Å². The van der Waals surface area contributed by atoms with E-state index in [1.54, 1.807) is 0 Å². The average molecular weight is 439 g/mol. The van der Waals surface area contributed by atoms with Gasteiger partial charge in [-0.05, 0) is 41.5 Å². The van der Waals surface area contributed by atoms with Crippen molar-refractivity contribution < 1.29 is 37.5 Å². The number of nitrogens with two attached hydrogens (primary N) is 1. The molecule has 172 valence electrons. The summed E-state index contributed by atoms with van der Waals surface area (Å²) in [7, 11) is -4.37. The quantitative estimate of drug-likeness (QED) is 0.468. The largest absolute Gasteiger partial charge is 0.472 e. The summed E-state index contributed by atoms with van der Waals surface area (Å²) >= 11 is 0. The molecular formula is C19H38NO8P. The van der Waals surface area contributed by atoms with Gasteiger partial charge in [0.25, 0.3) is 0 Å². The van der Waals surface area contributed by atoms with Crippen molar-refractivity contribution in [1.29, 1.82) is 0 Å². The van der Waals surface area contributed by atoms with Gasteiger partial charge in [0.1, 0.15) is 17.8 Å². The molecule has 0 bridgehead atoms. The maximum atomic E-state index is 12.7. The normalized spacial score (nSPS) is 37.5. The summed E-state index contributed by atoms with van der Waals surface area (Å²) in [4.78, 5) is 10.3. The molecule has 2 aliphatic heterocycles. The Morgan fingerprint density at radius 3 is 2.45 bits per heavy atom. The summed E-state index contributed by atoms with van der Waals surface area (Å²) < 4.78 is 46.7. The molecule has 0 aromatic carbocycles. The van der Waals surface area contributed by atoms with E-state index in [0.29, 0.717) is 12.8 Å². The molecule has 0 aromatic heterocycles. The molecule has 0 aliphatic carbocycles. The Bertz CT molecular complexity index is 562. The summed E-state index contributed by atoms with van der Waals surface area (Å²) in [6, 6.07) is 0. The maximum Gasteiger partial charge on any atom is 0.472 e. The molecule has 10 heteroatoms. The van der Waals surface area contributed by atoms with Crippen LogP contribution in [0.5, 0.6) is 0 Å². The SMILES string of the molecule is CC(C)OC[C@@]1(CN)O[C@@H](C)C[C@H]1OP(=O)(O)OC[C@H]1O[C@@H](C)C[C@H]1OC(C)C. The van der Waals surface area contributed by atoms with E-state index in [4.69, 9.17) is 33.7 Å². The van der Waals surface area contributed by atoms with Crippen LogP contribution in [-0.4, -0.2) is 73.0 Å². The van der Waals surface area contributed by atoms with Crippen molar-refractivity contribution in [3.8, 4) is 0 Å². The topological polar surface area (TPSA) is 119 Å². The smallest absolute Gasteiger partial charge is 0.376 e. The second-order valence-electron chi connectivity index (χ2n) is 8.60. The van der Waals surface area contributed by atoms with Crippen LogP contribution in [-0.2, 0) is 32.6 Å². The van der Waals surface area contributed by atoms with Gasteiger partial charge in [0.15, 0.2) is 0 Å². The Balaban J connectivity index is 1.98. The van der Waals surface area contributed by atoms with E-state index in [1.807, 2.05) is 41.5 Å². The van der Waals surface area contributed by atoms with E-state index < -0.39 is 25.6 Å². The molecule has 0 amide bonds. The van der Waals surface area contributed by atoms with Crippen LogP contribution in [0.4, 0.5) is 0 Å². The summed E-state index contributed by atoms with van der Waals surface area (Å²) in [5.74, 6) is 0. The van der Waals surface area contributed by atoms with Crippen LogP contribution < -0.4 is 5.73 Å². The molecule has 0 spiro atoms. The molecule has 2 aliphatic rings. The Morgan fingerprint density at radius 2 is 1.86 bits per heavy atom. The Kier molecular flexibility index (Phi) is 9.10. The lowest BCUT2D eigenvalue weighted by atomic mass is 9.97. The number of phosphoric acid groups is 1. The fourth-order valence-corrected chi connectivity index (χ4v) is 4.77.